The largest absolute Gasteiger partial charge is 0.394 e. The van der Waals surface area contributed by atoms with Gasteiger partial charge in [-0.3, -0.25) is 10.1 Å². The maximum atomic E-state index is 10.3. The molecule has 0 saturated heterocycles. The first-order chi connectivity index (χ1) is 7.13. The van der Waals surface area contributed by atoms with E-state index in [0.717, 1.165) is 6.20 Å². The highest BCUT2D eigenvalue weighted by atomic mass is 16.6. The summed E-state index contributed by atoms with van der Waals surface area (Å²) in [5, 5.41) is 30.6. The third-order valence-corrected chi connectivity index (χ3v) is 1.69. The van der Waals surface area contributed by atoms with Crippen LogP contribution in [0.3, 0.4) is 0 Å². The summed E-state index contributed by atoms with van der Waals surface area (Å²) in [7, 11) is 0. The number of hydrogen-bond donors (Lipinski definition) is 3. The summed E-state index contributed by atoms with van der Waals surface area (Å²) in [6.07, 6.45) is 0.246. The fraction of sp³-hybridized carbons (Fsp3) is 0.375. The van der Waals surface area contributed by atoms with Gasteiger partial charge in [-0.1, -0.05) is 0 Å². The molecule has 1 aromatic rings. The van der Waals surface area contributed by atoms with Crippen molar-refractivity contribution in [3.05, 3.63) is 28.4 Å². The molecule has 82 valence electrons. The van der Waals surface area contributed by atoms with Crippen molar-refractivity contribution in [1.29, 1.82) is 0 Å². The van der Waals surface area contributed by atoms with E-state index in [1.165, 1.54) is 12.1 Å². The fourth-order valence-corrected chi connectivity index (χ4v) is 0.886. The van der Waals surface area contributed by atoms with Gasteiger partial charge in [0.1, 0.15) is 12.0 Å². The zero-order valence-electron chi connectivity index (χ0n) is 7.83. The van der Waals surface area contributed by atoms with Crippen LogP contribution in [-0.4, -0.2) is 39.4 Å². The Morgan fingerprint density at radius 3 is 2.80 bits per heavy atom. The van der Waals surface area contributed by atoms with Crippen LogP contribution in [-0.2, 0) is 0 Å². The molecule has 3 N–H and O–H groups in total. The highest BCUT2D eigenvalue weighted by Crippen LogP contribution is 2.11. The molecule has 15 heavy (non-hydrogen) atoms. The van der Waals surface area contributed by atoms with E-state index >= 15 is 0 Å². The maximum Gasteiger partial charge on any atom is 0.287 e. The van der Waals surface area contributed by atoms with Crippen molar-refractivity contribution in [3.8, 4) is 0 Å². The van der Waals surface area contributed by atoms with Crippen LogP contribution in [0.15, 0.2) is 18.3 Å². The number of nitrogens with zero attached hydrogens (tertiary/aromatic N) is 2. The van der Waals surface area contributed by atoms with E-state index in [9.17, 15) is 10.1 Å². The van der Waals surface area contributed by atoms with Gasteiger partial charge in [0.05, 0.1) is 17.6 Å². The van der Waals surface area contributed by atoms with Gasteiger partial charge in [-0.25, -0.2) is 4.98 Å². The smallest absolute Gasteiger partial charge is 0.287 e. The van der Waals surface area contributed by atoms with Crippen molar-refractivity contribution >= 4 is 11.5 Å². The van der Waals surface area contributed by atoms with Gasteiger partial charge in [0.15, 0.2) is 0 Å². The number of aliphatic hydroxyl groups is 2. The lowest BCUT2D eigenvalue weighted by Crippen LogP contribution is -2.23. The predicted octanol–water partition coefficient (Wildman–Crippen LogP) is -0.245. The highest BCUT2D eigenvalue weighted by molar-refractivity contribution is 5.40. The molecule has 1 heterocycles. The molecule has 0 fully saturated rings. The van der Waals surface area contributed by atoms with Gasteiger partial charge in [-0.2, -0.15) is 0 Å². The van der Waals surface area contributed by atoms with E-state index in [4.69, 9.17) is 10.2 Å². The van der Waals surface area contributed by atoms with Crippen LogP contribution in [0.5, 0.6) is 0 Å². The van der Waals surface area contributed by atoms with Crippen molar-refractivity contribution in [2.24, 2.45) is 0 Å². The van der Waals surface area contributed by atoms with Gasteiger partial charge in [0.25, 0.3) is 5.69 Å². The van der Waals surface area contributed by atoms with Crippen LogP contribution in [0.25, 0.3) is 0 Å². The molecule has 1 rings (SSSR count). The van der Waals surface area contributed by atoms with Gasteiger partial charge in [-0.15, -0.1) is 0 Å². The molecule has 0 radical (unpaired) electrons. The normalized spacial score (nSPS) is 12.1. The van der Waals surface area contributed by atoms with E-state index in [0.29, 0.717) is 5.82 Å². The lowest BCUT2D eigenvalue weighted by Gasteiger charge is -2.08. The average Bonchev–Trinajstić information content (AvgIpc) is 2.26. The summed E-state index contributed by atoms with van der Waals surface area (Å²) < 4.78 is 0. The maximum absolute atomic E-state index is 10.3. The highest BCUT2D eigenvalue weighted by Gasteiger charge is 2.06. The molecule has 0 amide bonds. The van der Waals surface area contributed by atoms with Gasteiger partial charge in [0, 0.05) is 12.6 Å². The standard InChI is InChI=1S/C8H11N3O4/c12-5-7(13)4-10-8-2-1-6(3-9-8)11(14)15/h1-3,7,12-13H,4-5H2,(H,9,10). The molecule has 0 aliphatic carbocycles. The lowest BCUT2D eigenvalue weighted by atomic mass is 10.3. The summed E-state index contributed by atoms with van der Waals surface area (Å²) >= 11 is 0. The molecule has 7 nitrogen and oxygen atoms in total. The van der Waals surface area contributed by atoms with Crippen molar-refractivity contribution in [3.63, 3.8) is 0 Å². The molecule has 7 heteroatoms. The number of pyridine rings is 1. The Labute approximate surface area is 85.5 Å². The SMILES string of the molecule is O=[N+]([O-])c1ccc(NCC(O)CO)nc1. The van der Waals surface area contributed by atoms with Crippen LogP contribution < -0.4 is 5.32 Å². The Morgan fingerprint density at radius 1 is 1.60 bits per heavy atom. The molecule has 0 aliphatic heterocycles. The molecule has 1 unspecified atom stereocenters. The number of aliphatic hydroxyl groups excluding tert-OH is 2. The first-order valence-corrected chi connectivity index (χ1v) is 4.26. The fourth-order valence-electron chi connectivity index (χ4n) is 0.886. The number of rotatable bonds is 5. The second kappa shape index (κ2) is 5.23. The molecule has 0 aromatic carbocycles. The minimum Gasteiger partial charge on any atom is -0.394 e. The molecular formula is C8H11N3O4. The minimum absolute atomic E-state index is 0.0942. The monoisotopic (exact) mass is 213 g/mol. The Morgan fingerprint density at radius 2 is 2.33 bits per heavy atom. The van der Waals surface area contributed by atoms with Crippen molar-refractivity contribution in [2.75, 3.05) is 18.5 Å². The number of hydrogen-bond acceptors (Lipinski definition) is 6. The molecule has 1 atom stereocenters. The van der Waals surface area contributed by atoms with Gasteiger partial charge in [0.2, 0.25) is 0 Å². The first kappa shape index (κ1) is 11.3. The van der Waals surface area contributed by atoms with E-state index < -0.39 is 11.0 Å². The number of nitrogens with one attached hydrogen (secondary N) is 1. The third kappa shape index (κ3) is 3.49. The summed E-state index contributed by atoms with van der Waals surface area (Å²) in [5.74, 6) is 0.410. The third-order valence-electron chi connectivity index (χ3n) is 1.69. The van der Waals surface area contributed by atoms with Crippen molar-refractivity contribution < 1.29 is 15.1 Å². The second-order valence-corrected chi connectivity index (χ2v) is 2.88. The van der Waals surface area contributed by atoms with E-state index in [2.05, 4.69) is 10.3 Å². The lowest BCUT2D eigenvalue weighted by molar-refractivity contribution is -0.385. The zero-order valence-corrected chi connectivity index (χ0v) is 7.83. The molecule has 0 bridgehead atoms. The number of nitro groups is 1. The Bertz CT molecular complexity index is 327. The number of anilines is 1. The Hall–Kier alpha value is -1.73. The van der Waals surface area contributed by atoms with Gasteiger partial charge in [-0.05, 0) is 6.07 Å². The second-order valence-electron chi connectivity index (χ2n) is 2.88. The van der Waals surface area contributed by atoms with Crippen LogP contribution in [0, 0.1) is 10.1 Å². The molecule has 0 spiro atoms. The molecular weight excluding hydrogens is 202 g/mol. The van der Waals surface area contributed by atoms with E-state index in [-0.39, 0.29) is 18.8 Å². The van der Waals surface area contributed by atoms with Gasteiger partial charge < -0.3 is 15.5 Å². The van der Waals surface area contributed by atoms with Crippen LogP contribution in [0.4, 0.5) is 11.5 Å². The summed E-state index contributed by atoms with van der Waals surface area (Å²) in [4.78, 5) is 13.5. The topological polar surface area (TPSA) is 109 Å². The predicted molar refractivity (Wildman–Crippen MR) is 52.5 cm³/mol. The quantitative estimate of drug-likeness (QED) is 0.460. The summed E-state index contributed by atoms with van der Waals surface area (Å²) in [5.41, 5.74) is -0.0942. The Balaban J connectivity index is 2.53. The van der Waals surface area contributed by atoms with Crippen LogP contribution in [0.2, 0.25) is 0 Å². The van der Waals surface area contributed by atoms with Crippen LogP contribution in [0.1, 0.15) is 0 Å². The minimum atomic E-state index is -0.873. The summed E-state index contributed by atoms with van der Waals surface area (Å²) in [6, 6.07) is 2.74. The van der Waals surface area contributed by atoms with Crippen molar-refractivity contribution in [2.45, 2.75) is 6.10 Å². The molecule has 0 saturated carbocycles. The average molecular weight is 213 g/mol. The molecule has 1 aromatic heterocycles. The van der Waals surface area contributed by atoms with Crippen LogP contribution >= 0.6 is 0 Å². The number of aromatic nitrogens is 1. The van der Waals surface area contributed by atoms with Gasteiger partial charge >= 0.3 is 0 Å². The van der Waals surface area contributed by atoms with E-state index in [1.807, 2.05) is 0 Å². The first-order valence-electron chi connectivity index (χ1n) is 4.26. The van der Waals surface area contributed by atoms with Crippen molar-refractivity contribution in [1.82, 2.24) is 4.98 Å². The summed E-state index contributed by atoms with van der Waals surface area (Å²) in [6.45, 7) is -0.207. The molecule has 0 aliphatic rings. The Kier molecular flexibility index (Phi) is 3.95. The zero-order chi connectivity index (χ0) is 11.3. The van der Waals surface area contributed by atoms with E-state index in [1.54, 1.807) is 0 Å².